The molecule has 0 atom stereocenters. The first-order valence-electron chi connectivity index (χ1n) is 9.07. The molecule has 1 aliphatic heterocycles. The molecular weight excluding hydrogens is 328 g/mol. The van der Waals surface area contributed by atoms with Gasteiger partial charge >= 0.3 is 0 Å². The number of hydrogen-bond donors (Lipinski definition) is 1. The van der Waals surface area contributed by atoms with Crippen molar-refractivity contribution < 1.29 is 4.79 Å². The number of hydrogen-bond acceptors (Lipinski definition) is 3. The molecule has 0 radical (unpaired) electrons. The summed E-state index contributed by atoms with van der Waals surface area (Å²) in [7, 11) is 0. The normalized spacial score (nSPS) is 17.5. The number of fused-ring (bicyclic) bond motifs is 1. The number of aromatic nitrogens is 3. The Hall–Kier alpha value is -2.89. The van der Waals surface area contributed by atoms with Crippen molar-refractivity contribution in [3.8, 4) is 0 Å². The minimum Gasteiger partial charge on any atom is -0.342 e. The molecule has 2 aliphatic rings. The van der Waals surface area contributed by atoms with Gasteiger partial charge in [-0.1, -0.05) is 12.1 Å². The maximum absolute atomic E-state index is 12.9. The molecule has 5 rings (SSSR count). The Morgan fingerprint density at radius 2 is 1.96 bits per heavy atom. The smallest absolute Gasteiger partial charge is 0.263 e. The monoisotopic (exact) mass is 348 g/mol. The molecule has 1 N–H and O–H groups in total. The number of likely N-dealkylation sites (tertiary alicyclic amines) is 1. The van der Waals surface area contributed by atoms with E-state index in [4.69, 9.17) is 0 Å². The summed E-state index contributed by atoms with van der Waals surface area (Å²) in [5, 5.41) is 0. The largest absolute Gasteiger partial charge is 0.342 e. The predicted octanol–water partition coefficient (Wildman–Crippen LogP) is 2.61. The number of amides is 1. The SMILES string of the molecule is Cc1ccn(C2CC2)c(=O)c1C(=O)N1CC(c2nc3ccccc3[nH]2)C1. The van der Waals surface area contributed by atoms with Crippen molar-refractivity contribution in [2.75, 3.05) is 13.1 Å². The average molecular weight is 348 g/mol. The predicted molar refractivity (Wildman–Crippen MR) is 98.4 cm³/mol. The van der Waals surface area contributed by atoms with Crippen molar-refractivity contribution in [1.29, 1.82) is 0 Å². The molecule has 6 nitrogen and oxygen atoms in total. The molecule has 0 bridgehead atoms. The lowest BCUT2D eigenvalue weighted by Crippen LogP contribution is -2.50. The Labute approximate surface area is 150 Å². The van der Waals surface area contributed by atoms with Crippen molar-refractivity contribution in [3.63, 3.8) is 0 Å². The second-order valence-electron chi connectivity index (χ2n) is 7.36. The molecule has 26 heavy (non-hydrogen) atoms. The average Bonchev–Trinajstić information content (AvgIpc) is 3.32. The quantitative estimate of drug-likeness (QED) is 0.791. The van der Waals surface area contributed by atoms with Gasteiger partial charge < -0.3 is 14.5 Å². The lowest BCUT2D eigenvalue weighted by Gasteiger charge is -2.38. The zero-order valence-electron chi connectivity index (χ0n) is 14.6. The lowest BCUT2D eigenvalue weighted by molar-refractivity contribution is 0.0592. The van der Waals surface area contributed by atoms with E-state index in [0.29, 0.717) is 18.7 Å². The molecule has 1 saturated carbocycles. The zero-order valence-corrected chi connectivity index (χ0v) is 14.6. The number of rotatable bonds is 3. The highest BCUT2D eigenvalue weighted by Gasteiger charge is 2.36. The number of pyridine rings is 1. The highest BCUT2D eigenvalue weighted by Crippen LogP contribution is 2.34. The summed E-state index contributed by atoms with van der Waals surface area (Å²) in [6, 6.07) is 10.1. The van der Waals surface area contributed by atoms with Crippen LogP contribution in [-0.4, -0.2) is 38.4 Å². The van der Waals surface area contributed by atoms with Crippen molar-refractivity contribution in [2.45, 2.75) is 31.7 Å². The second kappa shape index (κ2) is 5.56. The number of aromatic amines is 1. The first-order valence-corrected chi connectivity index (χ1v) is 9.07. The van der Waals surface area contributed by atoms with E-state index >= 15 is 0 Å². The van der Waals surface area contributed by atoms with Gasteiger partial charge in [0.2, 0.25) is 0 Å². The molecule has 1 aliphatic carbocycles. The van der Waals surface area contributed by atoms with E-state index in [9.17, 15) is 9.59 Å². The fourth-order valence-corrected chi connectivity index (χ4v) is 3.68. The minimum absolute atomic E-state index is 0.148. The Kier molecular flexibility index (Phi) is 3.29. The first kappa shape index (κ1) is 15.4. The summed E-state index contributed by atoms with van der Waals surface area (Å²) in [4.78, 5) is 35.3. The van der Waals surface area contributed by atoms with Gasteiger partial charge in [0.25, 0.3) is 11.5 Å². The number of imidazole rings is 1. The van der Waals surface area contributed by atoms with Crippen LogP contribution in [0.4, 0.5) is 0 Å². The summed E-state index contributed by atoms with van der Waals surface area (Å²) < 4.78 is 1.72. The number of para-hydroxylation sites is 2. The standard InChI is InChI=1S/C20H20N4O2/c1-12-8-9-24(14-6-7-14)20(26)17(12)19(25)23-10-13(11-23)18-21-15-4-2-3-5-16(15)22-18/h2-5,8-9,13-14H,6-7,10-11H2,1H3,(H,21,22). The van der Waals surface area contributed by atoms with E-state index in [-0.39, 0.29) is 23.4 Å². The summed E-state index contributed by atoms with van der Waals surface area (Å²) >= 11 is 0. The van der Waals surface area contributed by atoms with Crippen LogP contribution in [0.25, 0.3) is 11.0 Å². The first-order chi connectivity index (χ1) is 12.6. The molecule has 2 fully saturated rings. The van der Waals surface area contributed by atoms with Crippen molar-refractivity contribution in [2.24, 2.45) is 0 Å². The fraction of sp³-hybridized carbons (Fsp3) is 0.350. The minimum atomic E-state index is -0.158. The van der Waals surface area contributed by atoms with E-state index in [2.05, 4.69) is 9.97 Å². The summed E-state index contributed by atoms with van der Waals surface area (Å²) in [6.45, 7) is 3.02. The van der Waals surface area contributed by atoms with Gasteiger partial charge in [-0.2, -0.15) is 0 Å². The van der Waals surface area contributed by atoms with Gasteiger partial charge in [-0.05, 0) is 43.5 Å². The Morgan fingerprint density at radius 3 is 2.69 bits per heavy atom. The van der Waals surface area contributed by atoms with E-state index in [1.54, 1.807) is 9.47 Å². The molecule has 1 amide bonds. The van der Waals surface area contributed by atoms with Crippen LogP contribution in [0.15, 0.2) is 41.3 Å². The highest BCUT2D eigenvalue weighted by molar-refractivity contribution is 5.96. The third kappa shape index (κ3) is 2.36. The van der Waals surface area contributed by atoms with Crippen LogP contribution < -0.4 is 5.56 Å². The molecule has 3 heterocycles. The van der Waals surface area contributed by atoms with Crippen LogP contribution in [-0.2, 0) is 0 Å². The van der Waals surface area contributed by atoms with Crippen LogP contribution >= 0.6 is 0 Å². The van der Waals surface area contributed by atoms with Gasteiger partial charge in [0, 0.05) is 25.3 Å². The van der Waals surface area contributed by atoms with Crippen molar-refractivity contribution >= 4 is 16.9 Å². The molecule has 3 aromatic rings. The van der Waals surface area contributed by atoms with Gasteiger partial charge in [-0.15, -0.1) is 0 Å². The zero-order chi connectivity index (χ0) is 17.8. The fourth-order valence-electron chi connectivity index (χ4n) is 3.68. The van der Waals surface area contributed by atoms with Gasteiger partial charge in [0.1, 0.15) is 11.4 Å². The molecular formula is C20H20N4O2. The molecule has 132 valence electrons. The van der Waals surface area contributed by atoms with Gasteiger partial charge in [0.05, 0.1) is 17.0 Å². The third-order valence-corrected chi connectivity index (χ3v) is 5.45. The molecule has 0 spiro atoms. The maximum Gasteiger partial charge on any atom is 0.263 e. The number of benzene rings is 1. The molecule has 2 aromatic heterocycles. The number of carbonyl (C=O) groups is 1. The van der Waals surface area contributed by atoms with E-state index < -0.39 is 0 Å². The summed E-state index contributed by atoms with van der Waals surface area (Å²) in [5.41, 5.74) is 2.88. The van der Waals surface area contributed by atoms with Gasteiger partial charge in [0.15, 0.2) is 0 Å². The maximum atomic E-state index is 12.9. The van der Waals surface area contributed by atoms with Gasteiger partial charge in [-0.3, -0.25) is 9.59 Å². The van der Waals surface area contributed by atoms with Crippen LogP contribution in [0, 0.1) is 6.92 Å². The number of H-pyrrole nitrogens is 1. The van der Waals surface area contributed by atoms with E-state index in [1.807, 2.05) is 43.5 Å². The molecule has 6 heteroatoms. The molecule has 1 aromatic carbocycles. The Bertz CT molecular complexity index is 1040. The van der Waals surface area contributed by atoms with E-state index in [0.717, 1.165) is 35.3 Å². The van der Waals surface area contributed by atoms with Crippen molar-refractivity contribution in [3.05, 3.63) is 63.8 Å². The molecule has 1 saturated heterocycles. The molecule has 0 unspecified atom stereocenters. The topological polar surface area (TPSA) is 71.0 Å². The third-order valence-electron chi connectivity index (χ3n) is 5.45. The summed E-state index contributed by atoms with van der Waals surface area (Å²) in [6.07, 6.45) is 3.86. The lowest BCUT2D eigenvalue weighted by atomic mass is 9.97. The number of nitrogens with one attached hydrogen (secondary N) is 1. The van der Waals surface area contributed by atoms with Crippen LogP contribution in [0.3, 0.4) is 0 Å². The number of carbonyl (C=O) groups excluding carboxylic acids is 1. The number of aryl methyl sites for hydroxylation is 1. The van der Waals surface area contributed by atoms with Crippen LogP contribution in [0.1, 0.15) is 46.5 Å². The van der Waals surface area contributed by atoms with Crippen LogP contribution in [0.5, 0.6) is 0 Å². The Morgan fingerprint density at radius 1 is 1.19 bits per heavy atom. The number of nitrogens with zero attached hydrogens (tertiary/aromatic N) is 3. The Balaban J connectivity index is 1.37. The van der Waals surface area contributed by atoms with Gasteiger partial charge in [-0.25, -0.2) is 4.98 Å². The van der Waals surface area contributed by atoms with Crippen LogP contribution in [0.2, 0.25) is 0 Å². The summed E-state index contributed by atoms with van der Waals surface area (Å²) in [5.74, 6) is 0.950. The highest BCUT2D eigenvalue weighted by atomic mass is 16.2. The van der Waals surface area contributed by atoms with E-state index in [1.165, 1.54) is 0 Å². The second-order valence-corrected chi connectivity index (χ2v) is 7.36. The van der Waals surface area contributed by atoms with Crippen molar-refractivity contribution in [1.82, 2.24) is 19.4 Å².